The Morgan fingerprint density at radius 1 is 1.16 bits per heavy atom. The van der Waals surface area contributed by atoms with E-state index in [9.17, 15) is 5.11 Å². The van der Waals surface area contributed by atoms with E-state index >= 15 is 0 Å². The summed E-state index contributed by atoms with van der Waals surface area (Å²) in [6.07, 6.45) is 0. The second kappa shape index (κ2) is 5.93. The van der Waals surface area contributed by atoms with Gasteiger partial charge in [0, 0.05) is 18.5 Å². The minimum absolute atomic E-state index is 0.0162. The Hall–Kier alpha value is -1.06. The van der Waals surface area contributed by atoms with Crippen LogP contribution in [0.5, 0.6) is 5.75 Å². The third-order valence-corrected chi connectivity index (χ3v) is 3.30. The van der Waals surface area contributed by atoms with Crippen LogP contribution in [0, 0.1) is 6.92 Å². The van der Waals surface area contributed by atoms with Crippen molar-refractivity contribution in [2.75, 3.05) is 20.2 Å². The Labute approximate surface area is 117 Å². The van der Waals surface area contributed by atoms with E-state index in [2.05, 4.69) is 38.2 Å². The number of hydrogen-bond donors (Lipinski definition) is 2. The van der Waals surface area contributed by atoms with Gasteiger partial charge in [-0.15, -0.1) is 0 Å². The zero-order valence-corrected chi connectivity index (χ0v) is 13.0. The summed E-state index contributed by atoms with van der Waals surface area (Å²) in [7, 11) is 1.69. The summed E-state index contributed by atoms with van der Waals surface area (Å²) in [6.45, 7) is 11.5. The van der Waals surface area contributed by atoms with Crippen LogP contribution in [0.3, 0.4) is 0 Å². The fourth-order valence-electron chi connectivity index (χ4n) is 2.08. The Morgan fingerprint density at radius 3 is 2.26 bits per heavy atom. The molecule has 0 unspecified atom stereocenters. The molecule has 1 aromatic carbocycles. The van der Waals surface area contributed by atoms with Crippen molar-refractivity contribution >= 4 is 0 Å². The van der Waals surface area contributed by atoms with Gasteiger partial charge in [0.05, 0.1) is 12.7 Å². The molecule has 0 aromatic heterocycles. The summed E-state index contributed by atoms with van der Waals surface area (Å²) >= 11 is 0. The summed E-state index contributed by atoms with van der Waals surface area (Å²) in [5, 5.41) is 13.0. The Balaban J connectivity index is 2.74. The van der Waals surface area contributed by atoms with E-state index in [1.807, 2.05) is 19.9 Å². The second-order valence-corrected chi connectivity index (χ2v) is 6.48. The summed E-state index contributed by atoms with van der Waals surface area (Å²) < 4.78 is 5.29. The average Bonchev–Trinajstić information content (AvgIpc) is 2.26. The first-order valence-electron chi connectivity index (χ1n) is 6.74. The lowest BCUT2D eigenvalue weighted by Gasteiger charge is -2.28. The molecule has 3 heteroatoms. The molecular formula is C16H27NO2. The minimum Gasteiger partial charge on any atom is -0.496 e. The van der Waals surface area contributed by atoms with Gasteiger partial charge in [0.2, 0.25) is 0 Å². The zero-order chi connectivity index (χ0) is 14.7. The van der Waals surface area contributed by atoms with E-state index in [0.29, 0.717) is 6.54 Å². The molecular weight excluding hydrogens is 238 g/mol. The van der Waals surface area contributed by atoms with Gasteiger partial charge in [-0.1, -0.05) is 26.0 Å². The van der Waals surface area contributed by atoms with E-state index in [-0.39, 0.29) is 5.41 Å². The molecule has 0 saturated carbocycles. The van der Waals surface area contributed by atoms with Crippen molar-refractivity contribution in [3.05, 3.63) is 29.3 Å². The smallest absolute Gasteiger partial charge is 0.121 e. The molecule has 0 fully saturated rings. The topological polar surface area (TPSA) is 41.5 Å². The first-order chi connectivity index (χ1) is 8.65. The maximum absolute atomic E-state index is 9.72. The van der Waals surface area contributed by atoms with Gasteiger partial charge >= 0.3 is 0 Å². The third-order valence-electron chi connectivity index (χ3n) is 3.30. The van der Waals surface area contributed by atoms with E-state index in [0.717, 1.165) is 17.9 Å². The summed E-state index contributed by atoms with van der Waals surface area (Å²) in [4.78, 5) is 0. The number of methoxy groups -OCH3 is 1. The summed E-state index contributed by atoms with van der Waals surface area (Å²) in [5.74, 6) is 0.920. The van der Waals surface area contributed by atoms with Crippen LogP contribution in [0.1, 0.15) is 38.8 Å². The number of hydrogen-bond acceptors (Lipinski definition) is 3. The molecule has 0 atom stereocenters. The van der Waals surface area contributed by atoms with Crippen molar-refractivity contribution in [2.45, 2.75) is 45.6 Å². The van der Waals surface area contributed by atoms with Gasteiger partial charge in [0.25, 0.3) is 0 Å². The highest BCUT2D eigenvalue weighted by atomic mass is 16.5. The summed E-state index contributed by atoms with van der Waals surface area (Å²) in [6, 6.07) is 6.30. The van der Waals surface area contributed by atoms with E-state index < -0.39 is 5.60 Å². The Kier molecular flexibility index (Phi) is 4.99. The quantitative estimate of drug-likeness (QED) is 0.831. The van der Waals surface area contributed by atoms with E-state index in [1.54, 1.807) is 7.11 Å². The molecule has 0 aliphatic heterocycles. The molecule has 0 aliphatic rings. The predicted molar refractivity (Wildman–Crippen MR) is 79.9 cm³/mol. The van der Waals surface area contributed by atoms with Crippen molar-refractivity contribution < 1.29 is 9.84 Å². The maximum Gasteiger partial charge on any atom is 0.121 e. The van der Waals surface area contributed by atoms with E-state index in [1.165, 1.54) is 5.56 Å². The first kappa shape index (κ1) is 16.0. The van der Waals surface area contributed by atoms with Gasteiger partial charge in [-0.2, -0.15) is 0 Å². The fourth-order valence-corrected chi connectivity index (χ4v) is 2.08. The van der Waals surface area contributed by atoms with Crippen LogP contribution in [0.15, 0.2) is 18.2 Å². The monoisotopic (exact) mass is 265 g/mol. The highest BCUT2D eigenvalue weighted by molar-refractivity contribution is 5.39. The lowest BCUT2D eigenvalue weighted by Crippen LogP contribution is -2.41. The molecule has 0 saturated heterocycles. The molecule has 0 amide bonds. The standard InChI is InChI=1S/C16H27NO2/c1-12-9-13(7-8-14(12)19-6)15(2,3)10-17-11-16(4,5)18/h7-9,17-18H,10-11H2,1-6H3. The zero-order valence-electron chi connectivity index (χ0n) is 13.0. The predicted octanol–water partition coefficient (Wildman–Crippen LogP) is 2.64. The molecule has 1 aromatic rings. The number of aliphatic hydroxyl groups is 1. The minimum atomic E-state index is -0.675. The van der Waals surface area contributed by atoms with Crippen LogP contribution < -0.4 is 10.1 Å². The average molecular weight is 265 g/mol. The van der Waals surface area contributed by atoms with Gasteiger partial charge in [-0.3, -0.25) is 0 Å². The maximum atomic E-state index is 9.72. The van der Waals surface area contributed by atoms with Crippen LogP contribution in [0.4, 0.5) is 0 Å². The highest BCUT2D eigenvalue weighted by Gasteiger charge is 2.22. The molecule has 1 rings (SSSR count). The number of nitrogens with one attached hydrogen (secondary N) is 1. The molecule has 3 nitrogen and oxygen atoms in total. The van der Waals surface area contributed by atoms with Crippen LogP contribution in [-0.2, 0) is 5.41 Å². The van der Waals surface area contributed by atoms with Crippen LogP contribution in [0.2, 0.25) is 0 Å². The van der Waals surface area contributed by atoms with E-state index in [4.69, 9.17) is 4.74 Å². The number of aryl methyl sites for hydroxylation is 1. The van der Waals surface area contributed by atoms with Crippen molar-refractivity contribution in [3.63, 3.8) is 0 Å². The van der Waals surface area contributed by atoms with Crippen molar-refractivity contribution in [1.82, 2.24) is 5.32 Å². The lowest BCUT2D eigenvalue weighted by atomic mass is 9.83. The molecule has 108 valence electrons. The number of rotatable bonds is 6. The van der Waals surface area contributed by atoms with Crippen molar-refractivity contribution in [2.24, 2.45) is 0 Å². The molecule has 0 heterocycles. The van der Waals surface area contributed by atoms with Crippen molar-refractivity contribution in [3.8, 4) is 5.75 Å². The van der Waals surface area contributed by atoms with Crippen LogP contribution in [0.25, 0.3) is 0 Å². The van der Waals surface area contributed by atoms with Crippen LogP contribution >= 0.6 is 0 Å². The molecule has 0 bridgehead atoms. The largest absolute Gasteiger partial charge is 0.496 e. The second-order valence-electron chi connectivity index (χ2n) is 6.48. The SMILES string of the molecule is COc1ccc(C(C)(C)CNCC(C)(C)O)cc1C. The highest BCUT2D eigenvalue weighted by Crippen LogP contribution is 2.27. The Morgan fingerprint density at radius 2 is 1.79 bits per heavy atom. The van der Waals surface area contributed by atoms with Crippen LogP contribution in [-0.4, -0.2) is 30.9 Å². The van der Waals surface area contributed by atoms with Gasteiger partial charge in [0.1, 0.15) is 5.75 Å². The molecule has 19 heavy (non-hydrogen) atoms. The fraction of sp³-hybridized carbons (Fsp3) is 0.625. The number of benzene rings is 1. The number of ether oxygens (including phenoxy) is 1. The van der Waals surface area contributed by atoms with Gasteiger partial charge < -0.3 is 15.2 Å². The molecule has 0 aliphatic carbocycles. The lowest BCUT2D eigenvalue weighted by molar-refractivity contribution is 0.0785. The van der Waals surface area contributed by atoms with Gasteiger partial charge in [-0.05, 0) is 38.0 Å². The molecule has 2 N–H and O–H groups in total. The van der Waals surface area contributed by atoms with Gasteiger partial charge in [0.15, 0.2) is 0 Å². The molecule has 0 radical (unpaired) electrons. The summed E-state index contributed by atoms with van der Waals surface area (Å²) in [5.41, 5.74) is 1.76. The first-order valence-corrected chi connectivity index (χ1v) is 6.74. The third kappa shape index (κ3) is 4.84. The molecule has 0 spiro atoms. The Bertz CT molecular complexity index is 419. The van der Waals surface area contributed by atoms with Crippen molar-refractivity contribution in [1.29, 1.82) is 0 Å². The van der Waals surface area contributed by atoms with Gasteiger partial charge in [-0.25, -0.2) is 0 Å². The normalized spacial score (nSPS) is 12.6.